The minimum absolute atomic E-state index is 0.179. The number of amides is 2. The number of hydrogen-bond acceptors (Lipinski definition) is 2. The largest absolute Gasteiger partial charge is 0.341 e. The van der Waals surface area contributed by atoms with Crippen LogP contribution < -0.4 is 10.6 Å². The highest BCUT2D eigenvalue weighted by Gasteiger charge is 2.21. The van der Waals surface area contributed by atoms with Crippen LogP contribution in [0.3, 0.4) is 0 Å². The molecule has 25 heavy (non-hydrogen) atoms. The van der Waals surface area contributed by atoms with Crippen LogP contribution >= 0.6 is 0 Å². The Balaban J connectivity index is 2.05. The molecule has 2 aromatic carbocycles. The highest BCUT2D eigenvalue weighted by molar-refractivity contribution is 6.39. The van der Waals surface area contributed by atoms with E-state index in [1.165, 1.54) is 0 Å². The molecule has 0 spiro atoms. The Hall–Kier alpha value is -2.62. The molecule has 0 heterocycles. The van der Waals surface area contributed by atoms with Crippen LogP contribution in [0.15, 0.2) is 54.6 Å². The molecule has 1 atom stereocenters. The zero-order valence-electron chi connectivity index (χ0n) is 15.1. The molecule has 2 aromatic rings. The topological polar surface area (TPSA) is 58.2 Å². The minimum atomic E-state index is -0.641. The van der Waals surface area contributed by atoms with Crippen LogP contribution in [-0.4, -0.2) is 11.8 Å². The number of hydrogen-bond donors (Lipinski definition) is 2. The Bertz CT molecular complexity index is 711. The molecule has 0 aliphatic rings. The fraction of sp³-hybridized carbons (Fsp3) is 0.333. The first-order valence-electron chi connectivity index (χ1n) is 8.75. The molecule has 0 saturated heterocycles. The monoisotopic (exact) mass is 338 g/mol. The number of rotatable bonds is 6. The predicted molar refractivity (Wildman–Crippen MR) is 101 cm³/mol. The van der Waals surface area contributed by atoms with Crippen molar-refractivity contribution < 1.29 is 9.59 Å². The van der Waals surface area contributed by atoms with Crippen molar-refractivity contribution in [1.29, 1.82) is 0 Å². The van der Waals surface area contributed by atoms with E-state index in [1.807, 2.05) is 55.5 Å². The number of benzene rings is 2. The van der Waals surface area contributed by atoms with Crippen LogP contribution in [0.5, 0.6) is 0 Å². The zero-order valence-corrected chi connectivity index (χ0v) is 15.1. The highest BCUT2D eigenvalue weighted by Crippen LogP contribution is 2.21. The summed E-state index contributed by atoms with van der Waals surface area (Å²) in [7, 11) is 0. The molecular formula is C21H26N2O2. The summed E-state index contributed by atoms with van der Waals surface area (Å²) in [6, 6.07) is 17.1. The van der Waals surface area contributed by atoms with E-state index in [0.717, 1.165) is 24.0 Å². The minimum Gasteiger partial charge on any atom is -0.341 e. The second kappa shape index (κ2) is 9.02. The van der Waals surface area contributed by atoms with Gasteiger partial charge in [-0.05, 0) is 42.0 Å². The van der Waals surface area contributed by atoms with Gasteiger partial charge in [-0.2, -0.15) is 0 Å². The number of carbonyl (C=O) groups is 2. The van der Waals surface area contributed by atoms with E-state index in [2.05, 4.69) is 24.5 Å². The van der Waals surface area contributed by atoms with Crippen LogP contribution in [0.4, 0.5) is 5.69 Å². The molecule has 0 saturated carbocycles. The van der Waals surface area contributed by atoms with Gasteiger partial charge in [0.15, 0.2) is 0 Å². The third kappa shape index (κ3) is 5.75. The summed E-state index contributed by atoms with van der Waals surface area (Å²) in [6.07, 6.45) is 1.65. The fourth-order valence-electron chi connectivity index (χ4n) is 2.72. The lowest BCUT2D eigenvalue weighted by molar-refractivity contribution is -0.136. The summed E-state index contributed by atoms with van der Waals surface area (Å²) in [5.41, 5.74) is 2.75. The average molecular weight is 338 g/mol. The van der Waals surface area contributed by atoms with E-state index in [4.69, 9.17) is 0 Å². The lowest BCUT2D eigenvalue weighted by atomic mass is 9.97. The maximum atomic E-state index is 12.3. The number of aryl methyl sites for hydroxylation is 1. The summed E-state index contributed by atoms with van der Waals surface area (Å²) in [5, 5.41) is 5.54. The van der Waals surface area contributed by atoms with Crippen molar-refractivity contribution in [3.63, 3.8) is 0 Å². The maximum absolute atomic E-state index is 12.3. The van der Waals surface area contributed by atoms with Gasteiger partial charge in [0.2, 0.25) is 0 Å². The third-order valence-electron chi connectivity index (χ3n) is 4.01. The molecule has 132 valence electrons. The Morgan fingerprint density at radius 1 is 0.960 bits per heavy atom. The lowest BCUT2D eigenvalue weighted by Crippen LogP contribution is -2.38. The lowest BCUT2D eigenvalue weighted by Gasteiger charge is -2.21. The van der Waals surface area contributed by atoms with Gasteiger partial charge < -0.3 is 10.6 Å². The van der Waals surface area contributed by atoms with Crippen molar-refractivity contribution in [2.75, 3.05) is 5.32 Å². The zero-order chi connectivity index (χ0) is 18.2. The molecule has 2 rings (SSSR count). The van der Waals surface area contributed by atoms with Crippen molar-refractivity contribution in [2.24, 2.45) is 5.92 Å². The van der Waals surface area contributed by atoms with Gasteiger partial charge in [0.05, 0.1) is 6.04 Å². The Morgan fingerprint density at radius 3 is 2.32 bits per heavy atom. The van der Waals surface area contributed by atoms with Crippen molar-refractivity contribution in [1.82, 2.24) is 5.32 Å². The normalized spacial score (nSPS) is 11.8. The van der Waals surface area contributed by atoms with Crippen LogP contribution in [-0.2, 0) is 16.0 Å². The van der Waals surface area contributed by atoms with E-state index in [1.54, 1.807) is 6.07 Å². The van der Waals surface area contributed by atoms with Crippen LogP contribution in [0.25, 0.3) is 0 Å². The van der Waals surface area contributed by atoms with E-state index in [-0.39, 0.29) is 6.04 Å². The van der Waals surface area contributed by atoms with Crippen LogP contribution in [0, 0.1) is 5.92 Å². The summed E-state index contributed by atoms with van der Waals surface area (Å²) in [4.78, 5) is 24.6. The van der Waals surface area contributed by atoms with Gasteiger partial charge in [-0.15, -0.1) is 0 Å². The molecule has 0 aliphatic carbocycles. The second-order valence-corrected chi connectivity index (χ2v) is 6.57. The smallest absolute Gasteiger partial charge is 0.313 e. The Labute approximate surface area is 149 Å². The molecule has 0 aliphatic heterocycles. The summed E-state index contributed by atoms with van der Waals surface area (Å²) in [6.45, 7) is 6.24. The first-order valence-corrected chi connectivity index (χ1v) is 8.75. The molecule has 0 unspecified atom stereocenters. The summed E-state index contributed by atoms with van der Waals surface area (Å²) < 4.78 is 0. The SMILES string of the molecule is CCc1cccc(NC(=O)C(=O)N[C@@H](CC(C)C)c2ccccc2)c1. The highest BCUT2D eigenvalue weighted by atomic mass is 16.2. The second-order valence-electron chi connectivity index (χ2n) is 6.57. The first-order chi connectivity index (χ1) is 12.0. The van der Waals surface area contributed by atoms with Crippen molar-refractivity contribution in [2.45, 2.75) is 39.7 Å². The molecule has 2 amide bonds. The van der Waals surface area contributed by atoms with Gasteiger partial charge in [0.1, 0.15) is 0 Å². The average Bonchev–Trinajstić information content (AvgIpc) is 2.61. The quantitative estimate of drug-likeness (QED) is 0.779. The van der Waals surface area contributed by atoms with Crippen LogP contribution in [0.2, 0.25) is 0 Å². The fourth-order valence-corrected chi connectivity index (χ4v) is 2.72. The van der Waals surface area contributed by atoms with E-state index in [0.29, 0.717) is 11.6 Å². The standard InChI is InChI=1S/C21H26N2O2/c1-4-16-9-8-12-18(14-16)22-20(24)21(25)23-19(13-15(2)3)17-10-6-5-7-11-17/h5-12,14-15,19H,4,13H2,1-3H3,(H,22,24)(H,23,25)/t19-/m0/s1. The molecule has 2 N–H and O–H groups in total. The van der Waals surface area contributed by atoms with Crippen molar-refractivity contribution in [3.05, 3.63) is 65.7 Å². The van der Waals surface area contributed by atoms with Crippen LogP contribution in [0.1, 0.15) is 44.4 Å². The van der Waals surface area contributed by atoms with Gasteiger partial charge in [0.25, 0.3) is 0 Å². The molecule has 4 nitrogen and oxygen atoms in total. The molecule has 0 radical (unpaired) electrons. The van der Waals surface area contributed by atoms with Gasteiger partial charge in [-0.3, -0.25) is 9.59 Å². The number of anilines is 1. The maximum Gasteiger partial charge on any atom is 0.313 e. The Morgan fingerprint density at radius 2 is 1.68 bits per heavy atom. The van der Waals surface area contributed by atoms with Gasteiger partial charge in [0, 0.05) is 5.69 Å². The number of nitrogens with one attached hydrogen (secondary N) is 2. The van der Waals surface area contributed by atoms with Gasteiger partial charge >= 0.3 is 11.8 Å². The molecule has 0 aromatic heterocycles. The van der Waals surface area contributed by atoms with Gasteiger partial charge in [-0.25, -0.2) is 0 Å². The Kier molecular flexibility index (Phi) is 6.75. The summed E-state index contributed by atoms with van der Waals surface area (Å²) in [5.74, 6) is -0.857. The number of carbonyl (C=O) groups excluding carboxylic acids is 2. The van der Waals surface area contributed by atoms with Crippen molar-refractivity contribution >= 4 is 17.5 Å². The molecule has 0 bridgehead atoms. The van der Waals surface area contributed by atoms with Crippen molar-refractivity contribution in [3.8, 4) is 0 Å². The third-order valence-corrected chi connectivity index (χ3v) is 4.01. The summed E-state index contributed by atoms with van der Waals surface area (Å²) >= 11 is 0. The molecular weight excluding hydrogens is 312 g/mol. The van der Waals surface area contributed by atoms with E-state index in [9.17, 15) is 9.59 Å². The molecule has 0 fully saturated rings. The van der Waals surface area contributed by atoms with Gasteiger partial charge in [-0.1, -0.05) is 63.2 Å². The first kappa shape index (κ1) is 18.7. The predicted octanol–water partition coefficient (Wildman–Crippen LogP) is 4.09. The van der Waals surface area contributed by atoms with E-state index < -0.39 is 11.8 Å². The van der Waals surface area contributed by atoms with E-state index >= 15 is 0 Å². The molecule has 4 heteroatoms.